The maximum Gasteiger partial charge on any atom is 0.387 e. The van der Waals surface area contributed by atoms with Crippen molar-refractivity contribution < 1.29 is 23.4 Å². The van der Waals surface area contributed by atoms with Gasteiger partial charge in [0.15, 0.2) is 0 Å². The summed E-state index contributed by atoms with van der Waals surface area (Å²) < 4.78 is 38.6. The molecule has 2 aliphatic heterocycles. The van der Waals surface area contributed by atoms with Gasteiger partial charge in [0.1, 0.15) is 11.4 Å². The molecule has 0 saturated carbocycles. The monoisotopic (exact) mass is 505 g/mol. The summed E-state index contributed by atoms with van der Waals surface area (Å²) in [6, 6.07) is 11.2. The van der Waals surface area contributed by atoms with E-state index in [1.54, 1.807) is 18.2 Å². The molecular formula is C27H25F2N5O3. The van der Waals surface area contributed by atoms with Crippen LogP contribution in [0.1, 0.15) is 48.2 Å². The van der Waals surface area contributed by atoms with E-state index < -0.39 is 12.7 Å². The van der Waals surface area contributed by atoms with Crippen LogP contribution >= 0.6 is 0 Å². The summed E-state index contributed by atoms with van der Waals surface area (Å²) in [7, 11) is 0. The molecule has 0 amide bonds. The Balaban J connectivity index is 1.25. The lowest BCUT2D eigenvalue weighted by Crippen LogP contribution is -2.46. The first kappa shape index (κ1) is 22.6. The number of rotatable bonds is 5. The van der Waals surface area contributed by atoms with Crippen LogP contribution in [0, 0.1) is 0 Å². The maximum atomic E-state index is 13.1. The molecule has 4 atom stereocenters. The summed E-state index contributed by atoms with van der Waals surface area (Å²) in [5, 5.41) is 10.8. The van der Waals surface area contributed by atoms with Crippen LogP contribution in [0.3, 0.4) is 0 Å². The van der Waals surface area contributed by atoms with Crippen molar-refractivity contribution in [2.24, 2.45) is 0 Å². The molecule has 1 N–H and O–H groups in total. The quantitative estimate of drug-likeness (QED) is 0.432. The number of ether oxygens (including phenoxy) is 2. The molecule has 2 saturated heterocycles. The molecule has 8 nitrogen and oxygen atoms in total. The van der Waals surface area contributed by atoms with Crippen LogP contribution in [-0.4, -0.2) is 56.4 Å². The predicted molar refractivity (Wildman–Crippen MR) is 131 cm³/mol. The number of aliphatic hydroxyl groups excluding tert-OH is 1. The number of hydrogen-bond donors (Lipinski definition) is 1. The summed E-state index contributed by atoms with van der Waals surface area (Å²) in [6.45, 7) is -1.51. The molecule has 0 spiro atoms. The van der Waals surface area contributed by atoms with Crippen molar-refractivity contribution in [1.82, 2.24) is 19.4 Å². The van der Waals surface area contributed by atoms with Gasteiger partial charge >= 0.3 is 6.61 Å². The van der Waals surface area contributed by atoms with Crippen molar-refractivity contribution in [1.29, 1.82) is 0 Å². The average Bonchev–Trinajstić information content (AvgIpc) is 3.52. The fraction of sp³-hybridized carbons (Fsp3) is 0.370. The number of pyridine rings is 1. The number of nitrogens with zero attached hydrogens (tertiary/aromatic N) is 5. The highest BCUT2D eigenvalue weighted by Crippen LogP contribution is 2.47. The Kier molecular flexibility index (Phi) is 5.33. The Labute approximate surface area is 211 Å². The third-order valence-corrected chi connectivity index (χ3v) is 7.74. The van der Waals surface area contributed by atoms with Crippen molar-refractivity contribution in [3.63, 3.8) is 0 Å². The lowest BCUT2D eigenvalue weighted by molar-refractivity contribution is -0.0506. The third-order valence-electron chi connectivity index (χ3n) is 7.74. The van der Waals surface area contributed by atoms with E-state index in [0.29, 0.717) is 48.6 Å². The van der Waals surface area contributed by atoms with Crippen LogP contribution in [0.4, 0.5) is 14.7 Å². The molecule has 1 aliphatic carbocycles. The van der Waals surface area contributed by atoms with Crippen molar-refractivity contribution in [3.8, 4) is 16.9 Å². The minimum atomic E-state index is -2.93. The zero-order valence-electron chi connectivity index (χ0n) is 19.9. The number of morpholine rings is 1. The molecule has 3 aliphatic rings. The number of aliphatic hydroxyl groups is 1. The first-order chi connectivity index (χ1) is 18.1. The average molecular weight is 506 g/mol. The van der Waals surface area contributed by atoms with Crippen LogP contribution in [-0.2, 0) is 4.74 Å². The first-order valence-electron chi connectivity index (χ1n) is 12.5. The first-order valence-corrected chi connectivity index (χ1v) is 12.5. The Morgan fingerprint density at radius 3 is 2.51 bits per heavy atom. The molecule has 2 bridgehead atoms. The van der Waals surface area contributed by atoms with Gasteiger partial charge in [-0.15, -0.1) is 0 Å². The molecule has 5 heterocycles. The van der Waals surface area contributed by atoms with E-state index in [4.69, 9.17) is 9.47 Å². The van der Waals surface area contributed by atoms with E-state index >= 15 is 0 Å². The maximum absolute atomic E-state index is 13.1. The van der Waals surface area contributed by atoms with Gasteiger partial charge in [-0.3, -0.25) is 0 Å². The van der Waals surface area contributed by atoms with Crippen molar-refractivity contribution in [3.05, 3.63) is 71.9 Å². The summed E-state index contributed by atoms with van der Waals surface area (Å²) >= 11 is 0. The van der Waals surface area contributed by atoms with Gasteiger partial charge in [-0.25, -0.2) is 15.0 Å². The van der Waals surface area contributed by atoms with Gasteiger partial charge in [-0.1, -0.05) is 18.2 Å². The molecule has 7 rings (SSSR count). The van der Waals surface area contributed by atoms with Crippen molar-refractivity contribution in [2.75, 3.05) is 18.1 Å². The van der Waals surface area contributed by atoms with Gasteiger partial charge < -0.3 is 23.9 Å². The smallest absolute Gasteiger partial charge is 0.387 e. The van der Waals surface area contributed by atoms with Gasteiger partial charge in [0.05, 0.1) is 42.8 Å². The summed E-state index contributed by atoms with van der Waals surface area (Å²) in [6.07, 6.45) is 7.33. The van der Waals surface area contributed by atoms with Crippen LogP contribution in [0.25, 0.3) is 16.8 Å². The highest BCUT2D eigenvalue weighted by atomic mass is 19.3. The lowest BCUT2D eigenvalue weighted by atomic mass is 9.95. The molecular weight excluding hydrogens is 480 g/mol. The standard InChI is InChI=1S/C27H25F2N5O3/c28-26(29)37-22-4-2-1-3-19(22)20-9-21(35)24-25(20)33-12-15(5-8-23(33)32-24)16-10-30-27(31-11-16)34-17-6-7-18(34)14-36-13-17/h1-5,8,10-12,17-18,20-21,26,35H,6-7,9,13-14H2. The lowest BCUT2D eigenvalue weighted by Gasteiger charge is -2.34. The molecule has 37 heavy (non-hydrogen) atoms. The second-order valence-electron chi connectivity index (χ2n) is 9.85. The molecule has 2 fully saturated rings. The molecule has 10 heteroatoms. The van der Waals surface area contributed by atoms with E-state index in [9.17, 15) is 13.9 Å². The van der Waals surface area contributed by atoms with Gasteiger partial charge in [-0.05, 0) is 37.5 Å². The molecule has 4 aromatic rings. The minimum absolute atomic E-state index is 0.106. The van der Waals surface area contributed by atoms with Crippen LogP contribution < -0.4 is 9.64 Å². The van der Waals surface area contributed by atoms with Gasteiger partial charge in [0, 0.05) is 41.2 Å². The Morgan fingerprint density at radius 1 is 1.00 bits per heavy atom. The number of para-hydroxylation sites is 1. The number of anilines is 1. The largest absolute Gasteiger partial charge is 0.435 e. The Bertz CT molecular complexity index is 1440. The van der Waals surface area contributed by atoms with E-state index in [2.05, 4.69) is 19.9 Å². The second kappa shape index (κ2) is 8.74. The zero-order chi connectivity index (χ0) is 25.1. The van der Waals surface area contributed by atoms with Crippen molar-refractivity contribution in [2.45, 2.75) is 50.0 Å². The van der Waals surface area contributed by atoms with E-state index in [-0.39, 0.29) is 11.7 Å². The number of benzene rings is 1. The van der Waals surface area contributed by atoms with E-state index in [1.807, 2.05) is 35.1 Å². The van der Waals surface area contributed by atoms with Crippen LogP contribution in [0.2, 0.25) is 0 Å². The fourth-order valence-electron chi connectivity index (χ4n) is 6.09. The number of alkyl halides is 2. The number of hydrogen-bond acceptors (Lipinski definition) is 7. The minimum Gasteiger partial charge on any atom is -0.435 e. The number of aromatic nitrogens is 4. The predicted octanol–water partition coefficient (Wildman–Crippen LogP) is 4.33. The topological polar surface area (TPSA) is 85.0 Å². The highest BCUT2D eigenvalue weighted by molar-refractivity contribution is 5.65. The normalized spacial score (nSPS) is 24.7. The van der Waals surface area contributed by atoms with Crippen molar-refractivity contribution >= 4 is 11.6 Å². The fourth-order valence-corrected chi connectivity index (χ4v) is 6.09. The molecule has 3 aromatic heterocycles. The second-order valence-corrected chi connectivity index (χ2v) is 9.85. The van der Waals surface area contributed by atoms with Crippen LogP contribution in [0.15, 0.2) is 55.0 Å². The molecule has 0 radical (unpaired) electrons. The van der Waals surface area contributed by atoms with Gasteiger partial charge in [0.2, 0.25) is 5.95 Å². The Hall–Kier alpha value is -3.63. The number of halogens is 2. The SMILES string of the molecule is OC1CC(c2ccccc2OC(F)F)c2c1nc1ccc(-c3cnc(N4C5CCC4COC5)nc3)cn21. The Morgan fingerprint density at radius 2 is 1.76 bits per heavy atom. The molecule has 1 aromatic carbocycles. The highest BCUT2D eigenvalue weighted by Gasteiger charge is 2.39. The summed E-state index contributed by atoms with van der Waals surface area (Å²) in [5.41, 5.74) is 4.35. The van der Waals surface area contributed by atoms with E-state index in [0.717, 1.165) is 35.6 Å². The summed E-state index contributed by atoms with van der Waals surface area (Å²) in [5.74, 6) is 0.485. The number of imidazole rings is 1. The zero-order valence-corrected chi connectivity index (χ0v) is 19.9. The van der Waals surface area contributed by atoms with Gasteiger partial charge in [0.25, 0.3) is 0 Å². The molecule has 4 unspecified atom stereocenters. The number of fused-ring (bicyclic) bond motifs is 5. The van der Waals surface area contributed by atoms with Gasteiger partial charge in [-0.2, -0.15) is 8.78 Å². The summed E-state index contributed by atoms with van der Waals surface area (Å²) in [4.78, 5) is 16.3. The third kappa shape index (κ3) is 3.74. The molecule has 190 valence electrons. The van der Waals surface area contributed by atoms with Crippen LogP contribution in [0.5, 0.6) is 5.75 Å². The van der Waals surface area contributed by atoms with E-state index in [1.165, 1.54) is 6.07 Å².